The highest BCUT2D eigenvalue weighted by Crippen LogP contribution is 2.57. The predicted molar refractivity (Wildman–Crippen MR) is 51.1 cm³/mol. The molecule has 3 atom stereocenters. The van der Waals surface area contributed by atoms with Crippen molar-refractivity contribution in [2.24, 2.45) is 17.3 Å². The van der Waals surface area contributed by atoms with Crippen molar-refractivity contribution in [2.75, 3.05) is 33.7 Å². The Labute approximate surface area is 75.3 Å². The third kappa shape index (κ3) is 1.38. The van der Waals surface area contributed by atoms with E-state index < -0.39 is 0 Å². The van der Waals surface area contributed by atoms with Gasteiger partial charge in [0.25, 0.3) is 0 Å². The van der Waals surface area contributed by atoms with Crippen LogP contribution in [0.3, 0.4) is 0 Å². The van der Waals surface area contributed by atoms with Gasteiger partial charge in [-0.1, -0.05) is 6.92 Å². The van der Waals surface area contributed by atoms with Crippen LogP contribution in [-0.4, -0.2) is 38.6 Å². The van der Waals surface area contributed by atoms with Gasteiger partial charge in [-0.3, -0.25) is 0 Å². The van der Waals surface area contributed by atoms with E-state index in [1.54, 1.807) is 0 Å². The van der Waals surface area contributed by atoms with Crippen LogP contribution in [0.5, 0.6) is 0 Å². The average molecular weight is 168 g/mol. The largest absolute Gasteiger partial charge is 0.316 e. The zero-order valence-electron chi connectivity index (χ0n) is 8.43. The number of fused-ring (bicyclic) bond motifs is 1. The molecule has 1 heterocycles. The molecule has 1 N–H and O–H groups in total. The van der Waals surface area contributed by atoms with E-state index in [4.69, 9.17) is 0 Å². The van der Waals surface area contributed by atoms with Crippen LogP contribution in [0.2, 0.25) is 0 Å². The number of hydrogen-bond donors (Lipinski definition) is 1. The summed E-state index contributed by atoms with van der Waals surface area (Å²) >= 11 is 0. The van der Waals surface area contributed by atoms with Gasteiger partial charge >= 0.3 is 0 Å². The lowest BCUT2D eigenvalue weighted by Crippen LogP contribution is -2.40. The minimum atomic E-state index is 0.666. The predicted octanol–water partition coefficient (Wildman–Crippen LogP) is 0.794. The fourth-order valence-electron chi connectivity index (χ4n) is 2.73. The van der Waals surface area contributed by atoms with Crippen molar-refractivity contribution < 1.29 is 0 Å². The SMILES string of the molecule is CN(C)C[C@@H]1CNC[C@]2(C)CC12. The molecule has 0 amide bonds. The second-order valence-corrected chi connectivity index (χ2v) is 5.12. The summed E-state index contributed by atoms with van der Waals surface area (Å²) in [5, 5.41) is 3.55. The molecule has 2 rings (SSSR count). The van der Waals surface area contributed by atoms with E-state index >= 15 is 0 Å². The maximum Gasteiger partial charge on any atom is 0.00186 e. The van der Waals surface area contributed by atoms with Crippen LogP contribution in [0, 0.1) is 17.3 Å². The summed E-state index contributed by atoms with van der Waals surface area (Å²) in [7, 11) is 4.35. The Morgan fingerprint density at radius 2 is 2.25 bits per heavy atom. The molecule has 0 bridgehead atoms. The van der Waals surface area contributed by atoms with E-state index in [2.05, 4.69) is 31.2 Å². The van der Waals surface area contributed by atoms with E-state index in [1.165, 1.54) is 26.1 Å². The van der Waals surface area contributed by atoms with Gasteiger partial charge in [0.05, 0.1) is 0 Å². The van der Waals surface area contributed by atoms with Crippen LogP contribution in [-0.2, 0) is 0 Å². The topological polar surface area (TPSA) is 15.3 Å². The lowest BCUT2D eigenvalue weighted by atomic mass is 9.92. The van der Waals surface area contributed by atoms with Gasteiger partial charge in [0.1, 0.15) is 0 Å². The molecular weight excluding hydrogens is 148 g/mol. The standard InChI is InChI=1S/C10H20N2/c1-10-4-9(10)8(5-11-7-10)6-12(2)3/h8-9,11H,4-7H2,1-3H3/t8-,9?,10-/m0/s1. The minimum Gasteiger partial charge on any atom is -0.316 e. The molecule has 12 heavy (non-hydrogen) atoms. The molecule has 0 aromatic carbocycles. The van der Waals surface area contributed by atoms with Gasteiger partial charge in [-0.15, -0.1) is 0 Å². The summed E-state index contributed by atoms with van der Waals surface area (Å²) in [6, 6.07) is 0. The molecule has 2 heteroatoms. The zero-order chi connectivity index (χ0) is 8.77. The summed E-state index contributed by atoms with van der Waals surface area (Å²) < 4.78 is 0. The van der Waals surface area contributed by atoms with Crippen LogP contribution in [0.25, 0.3) is 0 Å². The Hall–Kier alpha value is -0.0800. The van der Waals surface area contributed by atoms with Crippen molar-refractivity contribution in [3.05, 3.63) is 0 Å². The summed E-state index contributed by atoms with van der Waals surface area (Å²) in [6.45, 7) is 6.17. The zero-order valence-corrected chi connectivity index (χ0v) is 8.43. The number of rotatable bonds is 2. The Morgan fingerprint density at radius 1 is 1.50 bits per heavy atom. The van der Waals surface area contributed by atoms with Gasteiger partial charge in [0.15, 0.2) is 0 Å². The summed E-state index contributed by atoms with van der Waals surface area (Å²) in [5.74, 6) is 1.92. The molecule has 2 aliphatic rings. The highest BCUT2D eigenvalue weighted by Gasteiger charge is 2.55. The first-order chi connectivity index (χ1) is 5.62. The van der Waals surface area contributed by atoms with Gasteiger partial charge in [-0.05, 0) is 44.3 Å². The maximum absolute atomic E-state index is 3.55. The van der Waals surface area contributed by atoms with Crippen molar-refractivity contribution >= 4 is 0 Å². The second-order valence-electron chi connectivity index (χ2n) is 5.12. The smallest absolute Gasteiger partial charge is 0.00186 e. The summed E-state index contributed by atoms with van der Waals surface area (Å²) in [5.41, 5.74) is 0.666. The van der Waals surface area contributed by atoms with E-state index in [-0.39, 0.29) is 0 Å². The molecule has 1 saturated heterocycles. The van der Waals surface area contributed by atoms with Crippen LogP contribution in [0.1, 0.15) is 13.3 Å². The molecule has 2 fully saturated rings. The van der Waals surface area contributed by atoms with Crippen LogP contribution in [0.4, 0.5) is 0 Å². The van der Waals surface area contributed by atoms with Crippen molar-refractivity contribution in [3.63, 3.8) is 0 Å². The van der Waals surface area contributed by atoms with Gasteiger partial charge < -0.3 is 10.2 Å². The number of piperidine rings is 1. The highest BCUT2D eigenvalue weighted by molar-refractivity contribution is 5.07. The molecule has 0 radical (unpaired) electrons. The average Bonchev–Trinajstić information content (AvgIpc) is 2.61. The number of nitrogens with one attached hydrogen (secondary N) is 1. The third-order valence-corrected chi connectivity index (χ3v) is 3.53. The van der Waals surface area contributed by atoms with E-state index in [0.29, 0.717) is 5.41 Å². The van der Waals surface area contributed by atoms with Crippen molar-refractivity contribution in [2.45, 2.75) is 13.3 Å². The van der Waals surface area contributed by atoms with Crippen LogP contribution in [0.15, 0.2) is 0 Å². The second kappa shape index (κ2) is 2.71. The lowest BCUT2D eigenvalue weighted by molar-refractivity contribution is 0.230. The van der Waals surface area contributed by atoms with Gasteiger partial charge in [0, 0.05) is 13.1 Å². The Balaban J connectivity index is 1.91. The first-order valence-electron chi connectivity index (χ1n) is 4.97. The molecular formula is C10H20N2. The van der Waals surface area contributed by atoms with E-state index in [9.17, 15) is 0 Å². The van der Waals surface area contributed by atoms with Crippen molar-refractivity contribution in [3.8, 4) is 0 Å². The molecule has 1 aliphatic carbocycles. The minimum absolute atomic E-state index is 0.666. The van der Waals surface area contributed by atoms with Gasteiger partial charge in [0.2, 0.25) is 0 Å². The molecule has 1 unspecified atom stereocenters. The first kappa shape index (κ1) is 8.52. The molecule has 0 aromatic heterocycles. The van der Waals surface area contributed by atoms with Crippen LogP contribution >= 0.6 is 0 Å². The quantitative estimate of drug-likeness (QED) is 0.656. The van der Waals surface area contributed by atoms with E-state index in [1.807, 2.05) is 0 Å². The lowest BCUT2D eigenvalue weighted by Gasteiger charge is -2.29. The molecule has 70 valence electrons. The van der Waals surface area contributed by atoms with Crippen molar-refractivity contribution in [1.29, 1.82) is 0 Å². The molecule has 0 aromatic rings. The number of nitrogens with zero attached hydrogens (tertiary/aromatic N) is 1. The third-order valence-electron chi connectivity index (χ3n) is 3.53. The fourth-order valence-corrected chi connectivity index (χ4v) is 2.73. The van der Waals surface area contributed by atoms with Gasteiger partial charge in [-0.25, -0.2) is 0 Å². The Kier molecular flexibility index (Phi) is 1.92. The Bertz CT molecular complexity index is 179. The van der Waals surface area contributed by atoms with Gasteiger partial charge in [-0.2, -0.15) is 0 Å². The fraction of sp³-hybridized carbons (Fsp3) is 1.00. The summed E-state index contributed by atoms with van der Waals surface area (Å²) in [4.78, 5) is 2.32. The first-order valence-corrected chi connectivity index (χ1v) is 4.97. The number of hydrogen-bond acceptors (Lipinski definition) is 2. The van der Waals surface area contributed by atoms with E-state index in [0.717, 1.165) is 11.8 Å². The molecule has 1 saturated carbocycles. The molecule has 2 nitrogen and oxygen atoms in total. The van der Waals surface area contributed by atoms with Crippen molar-refractivity contribution in [1.82, 2.24) is 10.2 Å². The summed E-state index contributed by atoms with van der Waals surface area (Å²) in [6.07, 6.45) is 1.46. The monoisotopic (exact) mass is 168 g/mol. The molecule has 1 aliphatic heterocycles. The molecule has 0 spiro atoms. The highest BCUT2D eigenvalue weighted by atomic mass is 15.1. The maximum atomic E-state index is 3.55. The normalized spacial score (nSPS) is 46.0. The van der Waals surface area contributed by atoms with Crippen LogP contribution < -0.4 is 5.32 Å². The Morgan fingerprint density at radius 3 is 2.92 bits per heavy atom.